The van der Waals surface area contributed by atoms with Gasteiger partial charge in [0.25, 0.3) is 0 Å². The van der Waals surface area contributed by atoms with Gasteiger partial charge in [0.05, 0.1) is 17.6 Å². The van der Waals surface area contributed by atoms with Crippen molar-refractivity contribution in [3.63, 3.8) is 0 Å². The highest BCUT2D eigenvalue weighted by atomic mass is 32.2. The lowest BCUT2D eigenvalue weighted by atomic mass is 10.2. The first kappa shape index (κ1) is 20.1. The summed E-state index contributed by atoms with van der Waals surface area (Å²) in [7, 11) is 1.13. The van der Waals surface area contributed by atoms with Gasteiger partial charge < -0.3 is 9.64 Å². The predicted octanol–water partition coefficient (Wildman–Crippen LogP) is 2.23. The lowest BCUT2D eigenvalue weighted by Gasteiger charge is -2.24. The zero-order chi connectivity index (χ0) is 19.2. The van der Waals surface area contributed by atoms with Gasteiger partial charge in [-0.05, 0) is 31.8 Å². The van der Waals surface area contributed by atoms with E-state index in [0.717, 1.165) is 5.56 Å². The van der Waals surface area contributed by atoms with Crippen LogP contribution in [0, 0.1) is 0 Å². The quantitative estimate of drug-likeness (QED) is 0.661. The number of likely N-dealkylation sites (N-methyl/N-ethyl adjacent to an activating group) is 1. The zero-order valence-corrected chi connectivity index (χ0v) is 16.1. The highest BCUT2D eigenvalue weighted by Crippen LogP contribution is 2.22. The number of hydrogen-bond donors (Lipinski definition) is 0. The minimum atomic E-state index is -3.87. The highest BCUT2D eigenvalue weighted by Gasteiger charge is 2.29. The number of sulfonamides is 1. The van der Waals surface area contributed by atoms with Crippen LogP contribution < -0.4 is 0 Å². The van der Waals surface area contributed by atoms with Crippen LogP contribution >= 0.6 is 0 Å². The van der Waals surface area contributed by atoms with Crippen LogP contribution in [0.2, 0.25) is 0 Å². The van der Waals surface area contributed by atoms with E-state index in [4.69, 9.17) is 4.74 Å². The van der Waals surface area contributed by atoms with Crippen LogP contribution in [0.4, 0.5) is 0 Å². The fourth-order valence-electron chi connectivity index (χ4n) is 2.49. The number of esters is 1. The Kier molecular flexibility index (Phi) is 6.90. The van der Waals surface area contributed by atoms with Crippen molar-refractivity contribution >= 4 is 16.0 Å². The van der Waals surface area contributed by atoms with Gasteiger partial charge in [-0.3, -0.25) is 0 Å². The molecule has 0 bridgehead atoms. The van der Waals surface area contributed by atoms with Gasteiger partial charge in [-0.15, -0.1) is 0 Å². The fourth-order valence-corrected chi connectivity index (χ4v) is 4.09. The molecule has 0 saturated heterocycles. The third-order valence-electron chi connectivity index (χ3n) is 3.91. The molecule has 2 rings (SSSR count). The first-order valence-corrected chi connectivity index (χ1v) is 9.66. The number of hydrogen-bond acceptors (Lipinski definition) is 5. The maximum atomic E-state index is 13.3. The van der Waals surface area contributed by atoms with E-state index in [1.807, 2.05) is 49.3 Å². The molecule has 0 aromatic heterocycles. The van der Waals surface area contributed by atoms with Crippen LogP contribution in [0.1, 0.15) is 15.9 Å². The van der Waals surface area contributed by atoms with Crippen LogP contribution in [0.15, 0.2) is 59.5 Å². The van der Waals surface area contributed by atoms with Crippen LogP contribution in [-0.2, 0) is 21.3 Å². The van der Waals surface area contributed by atoms with E-state index < -0.39 is 16.0 Å². The number of rotatable bonds is 8. The van der Waals surface area contributed by atoms with Crippen LogP contribution in [-0.4, -0.2) is 57.9 Å². The molecule has 0 amide bonds. The Morgan fingerprint density at radius 2 is 1.58 bits per heavy atom. The number of ether oxygens (including phenoxy) is 1. The lowest BCUT2D eigenvalue weighted by Crippen LogP contribution is -2.37. The van der Waals surface area contributed by atoms with Crippen LogP contribution in [0.5, 0.6) is 0 Å². The molecule has 0 radical (unpaired) electrons. The van der Waals surface area contributed by atoms with Crippen molar-refractivity contribution in [1.82, 2.24) is 9.21 Å². The summed E-state index contributed by atoms with van der Waals surface area (Å²) >= 11 is 0. The summed E-state index contributed by atoms with van der Waals surface area (Å²) in [5, 5.41) is 0. The standard InChI is InChI=1S/C19H24N2O4S/c1-20(2)13-14-21(15-16-9-5-4-6-10-16)26(23,24)18-12-8-7-11-17(18)19(22)25-3/h4-12H,13-15H2,1-3H3. The Bertz CT molecular complexity index is 836. The number of carbonyl (C=O) groups excluding carboxylic acids is 1. The van der Waals surface area contributed by atoms with Gasteiger partial charge >= 0.3 is 5.97 Å². The molecule has 0 aliphatic carbocycles. The molecule has 0 spiro atoms. The molecule has 7 heteroatoms. The minimum absolute atomic E-state index is 0.0397. The lowest BCUT2D eigenvalue weighted by molar-refractivity contribution is 0.0596. The zero-order valence-electron chi connectivity index (χ0n) is 15.3. The second-order valence-corrected chi connectivity index (χ2v) is 8.02. The second kappa shape index (κ2) is 8.93. The fraction of sp³-hybridized carbons (Fsp3) is 0.316. The third-order valence-corrected chi connectivity index (χ3v) is 5.81. The molecule has 0 heterocycles. The van der Waals surface area contributed by atoms with Gasteiger partial charge in [0, 0.05) is 19.6 Å². The van der Waals surface area contributed by atoms with Gasteiger partial charge in [-0.1, -0.05) is 42.5 Å². The van der Waals surface area contributed by atoms with Crippen molar-refractivity contribution in [2.45, 2.75) is 11.4 Å². The smallest absolute Gasteiger partial charge is 0.339 e. The van der Waals surface area contributed by atoms with Crippen molar-refractivity contribution < 1.29 is 17.9 Å². The Morgan fingerprint density at radius 1 is 0.962 bits per heavy atom. The number of methoxy groups -OCH3 is 1. The molecule has 0 N–H and O–H groups in total. The minimum Gasteiger partial charge on any atom is -0.465 e. The van der Waals surface area contributed by atoms with Gasteiger partial charge in [0.15, 0.2) is 0 Å². The van der Waals surface area contributed by atoms with Crippen LogP contribution in [0.25, 0.3) is 0 Å². The maximum Gasteiger partial charge on any atom is 0.339 e. The average molecular weight is 376 g/mol. The van der Waals surface area contributed by atoms with Gasteiger partial charge in [-0.2, -0.15) is 4.31 Å². The highest BCUT2D eigenvalue weighted by molar-refractivity contribution is 7.89. The summed E-state index contributed by atoms with van der Waals surface area (Å²) in [6.07, 6.45) is 0. The van der Waals surface area contributed by atoms with E-state index >= 15 is 0 Å². The molecule has 0 atom stereocenters. The van der Waals surface area contributed by atoms with Crippen molar-refractivity contribution in [3.05, 3.63) is 65.7 Å². The SMILES string of the molecule is COC(=O)c1ccccc1S(=O)(=O)N(CCN(C)C)Cc1ccccc1. The second-order valence-electron chi connectivity index (χ2n) is 6.12. The molecule has 0 fully saturated rings. The normalized spacial score (nSPS) is 11.7. The molecule has 6 nitrogen and oxygen atoms in total. The number of benzene rings is 2. The van der Waals surface area contributed by atoms with E-state index in [2.05, 4.69) is 0 Å². The molecule has 140 valence electrons. The van der Waals surface area contributed by atoms with E-state index in [-0.39, 0.29) is 17.0 Å². The summed E-state index contributed by atoms with van der Waals surface area (Å²) in [5.41, 5.74) is 0.920. The molecule has 0 unspecified atom stereocenters. The van der Waals surface area contributed by atoms with Crippen LogP contribution in [0.3, 0.4) is 0 Å². The molecule has 0 aliphatic heterocycles. The predicted molar refractivity (Wildman–Crippen MR) is 100 cm³/mol. The Morgan fingerprint density at radius 3 is 2.19 bits per heavy atom. The topological polar surface area (TPSA) is 66.9 Å². The molecule has 0 saturated carbocycles. The summed E-state index contributed by atoms with van der Waals surface area (Å²) in [6, 6.07) is 15.5. The molecule has 2 aromatic rings. The van der Waals surface area contributed by atoms with Gasteiger partial charge in [-0.25, -0.2) is 13.2 Å². The first-order chi connectivity index (χ1) is 12.4. The van der Waals surface area contributed by atoms with Gasteiger partial charge in [0.2, 0.25) is 10.0 Å². The Labute approximate surface area is 155 Å². The number of nitrogens with zero attached hydrogens (tertiary/aromatic N) is 2. The Hall–Kier alpha value is -2.22. The molecular weight excluding hydrogens is 352 g/mol. The number of carbonyl (C=O) groups is 1. The maximum absolute atomic E-state index is 13.3. The molecule has 26 heavy (non-hydrogen) atoms. The first-order valence-electron chi connectivity index (χ1n) is 8.22. The van der Waals surface area contributed by atoms with Crippen molar-refractivity contribution in [1.29, 1.82) is 0 Å². The third kappa shape index (κ3) is 4.91. The van der Waals surface area contributed by atoms with E-state index in [1.54, 1.807) is 12.1 Å². The molecular formula is C19H24N2O4S. The average Bonchev–Trinajstić information content (AvgIpc) is 2.65. The monoisotopic (exact) mass is 376 g/mol. The van der Waals surface area contributed by atoms with Crippen molar-refractivity contribution in [2.24, 2.45) is 0 Å². The molecule has 2 aromatic carbocycles. The largest absolute Gasteiger partial charge is 0.465 e. The molecule has 0 aliphatic rings. The van der Waals surface area contributed by atoms with Crippen molar-refractivity contribution in [2.75, 3.05) is 34.3 Å². The summed E-state index contributed by atoms with van der Waals surface area (Å²) in [6.45, 7) is 1.10. The summed E-state index contributed by atoms with van der Waals surface area (Å²) in [4.78, 5) is 13.9. The van der Waals surface area contributed by atoms with E-state index in [9.17, 15) is 13.2 Å². The van der Waals surface area contributed by atoms with Crippen molar-refractivity contribution in [3.8, 4) is 0 Å². The van der Waals surface area contributed by atoms with Gasteiger partial charge in [0.1, 0.15) is 0 Å². The summed E-state index contributed by atoms with van der Waals surface area (Å²) in [5.74, 6) is -0.670. The van der Waals surface area contributed by atoms with E-state index in [0.29, 0.717) is 13.1 Å². The summed E-state index contributed by atoms with van der Waals surface area (Å²) < 4.78 is 32.7. The van der Waals surface area contributed by atoms with E-state index in [1.165, 1.54) is 23.5 Å². The Balaban J connectivity index is 2.43.